The van der Waals surface area contributed by atoms with E-state index in [4.69, 9.17) is 20.8 Å². The fourth-order valence-corrected chi connectivity index (χ4v) is 3.73. The van der Waals surface area contributed by atoms with Crippen LogP contribution in [0.4, 0.5) is 0 Å². The van der Waals surface area contributed by atoms with Gasteiger partial charge in [-0.05, 0) is 18.4 Å². The van der Waals surface area contributed by atoms with E-state index in [1.54, 1.807) is 12.4 Å². The van der Waals surface area contributed by atoms with Crippen molar-refractivity contribution in [3.05, 3.63) is 29.7 Å². The standard InChI is InChI=1S/C17H22ClN3O2SSi/c1-24-14-10-20-17(23-14)13-9-19-16-12(15(13)18)5-6-21(16)11-22-7-8-25(2,3)4/h5-6,9-10H,7-8,11H2,1-4H3. The third kappa shape index (κ3) is 4.28. The fourth-order valence-electron chi connectivity index (χ4n) is 2.38. The highest BCUT2D eigenvalue weighted by Gasteiger charge is 2.16. The zero-order valence-corrected chi connectivity index (χ0v) is 17.4. The van der Waals surface area contributed by atoms with Gasteiger partial charge in [0.1, 0.15) is 12.4 Å². The molecule has 0 aromatic carbocycles. The van der Waals surface area contributed by atoms with Gasteiger partial charge >= 0.3 is 0 Å². The van der Waals surface area contributed by atoms with Crippen molar-refractivity contribution < 1.29 is 9.15 Å². The van der Waals surface area contributed by atoms with Crippen molar-refractivity contribution in [3.8, 4) is 11.5 Å². The van der Waals surface area contributed by atoms with Gasteiger partial charge in [-0.15, -0.1) is 0 Å². The number of rotatable bonds is 7. The molecule has 25 heavy (non-hydrogen) atoms. The van der Waals surface area contributed by atoms with Gasteiger partial charge in [0.15, 0.2) is 5.09 Å². The molecule has 3 aromatic rings. The van der Waals surface area contributed by atoms with Gasteiger partial charge in [-0.1, -0.05) is 43.0 Å². The van der Waals surface area contributed by atoms with E-state index in [9.17, 15) is 0 Å². The Kier molecular flexibility index (Phi) is 5.58. The first-order chi connectivity index (χ1) is 11.9. The summed E-state index contributed by atoms with van der Waals surface area (Å²) >= 11 is 8.07. The van der Waals surface area contributed by atoms with Gasteiger partial charge in [0.25, 0.3) is 0 Å². The molecule has 134 valence electrons. The van der Waals surface area contributed by atoms with E-state index in [0.29, 0.717) is 23.2 Å². The molecule has 3 heterocycles. The van der Waals surface area contributed by atoms with Gasteiger partial charge in [0.05, 0.1) is 16.8 Å². The highest BCUT2D eigenvalue weighted by atomic mass is 35.5. The Bertz CT molecular complexity index is 873. The lowest BCUT2D eigenvalue weighted by molar-refractivity contribution is 0.0899. The van der Waals surface area contributed by atoms with Gasteiger partial charge in [0, 0.05) is 32.5 Å². The van der Waals surface area contributed by atoms with Crippen molar-refractivity contribution >= 4 is 42.5 Å². The van der Waals surface area contributed by atoms with Gasteiger partial charge in [-0.3, -0.25) is 0 Å². The molecular formula is C17H22ClN3O2SSi. The molecule has 0 aliphatic heterocycles. The normalized spacial score (nSPS) is 12.2. The lowest BCUT2D eigenvalue weighted by Gasteiger charge is -2.15. The van der Waals surface area contributed by atoms with Crippen LogP contribution in [0.3, 0.4) is 0 Å². The Morgan fingerprint density at radius 2 is 2.08 bits per heavy atom. The molecule has 8 heteroatoms. The third-order valence-corrected chi connectivity index (χ3v) is 6.57. The van der Waals surface area contributed by atoms with E-state index >= 15 is 0 Å². The highest BCUT2D eigenvalue weighted by molar-refractivity contribution is 7.98. The first kappa shape index (κ1) is 18.5. The molecule has 0 N–H and O–H groups in total. The van der Waals surface area contributed by atoms with Gasteiger partial charge in [-0.25, -0.2) is 9.97 Å². The zero-order valence-electron chi connectivity index (χ0n) is 14.9. The van der Waals surface area contributed by atoms with Crippen LogP contribution in [0.2, 0.25) is 30.7 Å². The summed E-state index contributed by atoms with van der Waals surface area (Å²) in [6, 6.07) is 3.10. The number of nitrogens with zero attached hydrogens (tertiary/aromatic N) is 3. The van der Waals surface area contributed by atoms with Crippen LogP contribution in [0, 0.1) is 0 Å². The Labute approximate surface area is 157 Å². The second-order valence-electron chi connectivity index (χ2n) is 7.05. The van der Waals surface area contributed by atoms with E-state index in [0.717, 1.165) is 28.8 Å². The van der Waals surface area contributed by atoms with Crippen molar-refractivity contribution in [1.82, 2.24) is 14.5 Å². The quantitative estimate of drug-likeness (QED) is 0.305. The summed E-state index contributed by atoms with van der Waals surface area (Å²) in [4.78, 5) is 8.82. The molecule has 3 aromatic heterocycles. The summed E-state index contributed by atoms with van der Waals surface area (Å²) in [5.41, 5.74) is 1.50. The van der Waals surface area contributed by atoms with Gasteiger partial charge in [0.2, 0.25) is 5.89 Å². The summed E-state index contributed by atoms with van der Waals surface area (Å²) in [6.07, 6.45) is 7.29. The molecule has 0 aliphatic carbocycles. The SMILES string of the molecule is CSc1cnc(-c2cnc3c(ccn3COCC[Si](C)(C)C)c2Cl)o1. The van der Waals surface area contributed by atoms with Gasteiger partial charge in [-0.2, -0.15) is 0 Å². The molecule has 0 saturated carbocycles. The maximum atomic E-state index is 6.57. The number of hydrogen-bond acceptors (Lipinski definition) is 5. The topological polar surface area (TPSA) is 53.1 Å². The lowest BCUT2D eigenvalue weighted by atomic mass is 10.2. The van der Waals surface area contributed by atoms with E-state index in [2.05, 4.69) is 29.6 Å². The number of halogens is 1. The van der Waals surface area contributed by atoms with Crippen LogP contribution < -0.4 is 0 Å². The third-order valence-electron chi connectivity index (χ3n) is 3.87. The van der Waals surface area contributed by atoms with Crippen LogP contribution in [0.25, 0.3) is 22.5 Å². The molecule has 0 aliphatic rings. The smallest absolute Gasteiger partial charge is 0.230 e. The van der Waals surface area contributed by atoms with Crippen molar-refractivity contribution in [2.75, 3.05) is 12.9 Å². The average Bonchev–Trinajstić information content (AvgIpc) is 3.18. The molecule has 0 fully saturated rings. The number of oxazole rings is 1. The van der Waals surface area contributed by atoms with Crippen LogP contribution in [0.5, 0.6) is 0 Å². The maximum Gasteiger partial charge on any atom is 0.230 e. The maximum absolute atomic E-state index is 6.57. The first-order valence-corrected chi connectivity index (χ1v) is 13.4. The number of hydrogen-bond donors (Lipinski definition) is 0. The number of ether oxygens (including phenoxy) is 1. The number of fused-ring (bicyclic) bond motifs is 1. The minimum Gasteiger partial charge on any atom is -0.430 e. The second kappa shape index (κ2) is 7.53. The molecule has 0 amide bonds. The number of thioether (sulfide) groups is 1. The van der Waals surface area contributed by atoms with Crippen LogP contribution in [0.1, 0.15) is 0 Å². The van der Waals surface area contributed by atoms with Crippen LogP contribution in [-0.4, -0.2) is 35.5 Å². The summed E-state index contributed by atoms with van der Waals surface area (Å²) in [6.45, 7) is 8.28. The van der Waals surface area contributed by atoms with Crippen LogP contribution >= 0.6 is 23.4 Å². The molecule has 3 rings (SSSR count). The summed E-state index contributed by atoms with van der Waals surface area (Å²) in [5, 5.41) is 2.22. The van der Waals surface area contributed by atoms with E-state index in [-0.39, 0.29) is 0 Å². The van der Waals surface area contributed by atoms with Crippen LogP contribution in [0.15, 0.2) is 34.2 Å². The Balaban J connectivity index is 1.79. The minimum absolute atomic E-state index is 0.478. The molecule has 0 radical (unpaired) electrons. The van der Waals surface area contributed by atoms with Crippen molar-refractivity contribution in [1.29, 1.82) is 0 Å². The number of pyridine rings is 1. The Morgan fingerprint density at radius 3 is 2.76 bits per heavy atom. The largest absolute Gasteiger partial charge is 0.430 e. The van der Waals surface area contributed by atoms with E-state index < -0.39 is 8.07 Å². The van der Waals surface area contributed by atoms with E-state index in [1.165, 1.54) is 11.8 Å². The monoisotopic (exact) mass is 395 g/mol. The van der Waals surface area contributed by atoms with Crippen molar-refractivity contribution in [3.63, 3.8) is 0 Å². The molecule has 0 atom stereocenters. The average molecular weight is 396 g/mol. The predicted octanol–water partition coefficient (Wildman–Crippen LogP) is 5.38. The van der Waals surface area contributed by atoms with Gasteiger partial charge < -0.3 is 13.7 Å². The first-order valence-electron chi connectivity index (χ1n) is 8.10. The molecule has 0 unspecified atom stereocenters. The predicted molar refractivity (Wildman–Crippen MR) is 106 cm³/mol. The molecule has 5 nitrogen and oxygen atoms in total. The Morgan fingerprint density at radius 1 is 1.28 bits per heavy atom. The van der Waals surface area contributed by atoms with Crippen LogP contribution in [-0.2, 0) is 11.5 Å². The minimum atomic E-state index is -1.08. The van der Waals surface area contributed by atoms with E-state index in [1.807, 2.05) is 23.1 Å². The Hall–Kier alpha value is -1.28. The van der Waals surface area contributed by atoms with Crippen molar-refractivity contribution in [2.45, 2.75) is 37.5 Å². The van der Waals surface area contributed by atoms with Crippen molar-refractivity contribution in [2.24, 2.45) is 0 Å². The molecule has 0 spiro atoms. The molecule has 0 bridgehead atoms. The molecule has 0 saturated heterocycles. The molecular weight excluding hydrogens is 374 g/mol. The lowest BCUT2D eigenvalue weighted by Crippen LogP contribution is -2.22. The summed E-state index contributed by atoms with van der Waals surface area (Å²) in [5.74, 6) is 0.489. The zero-order chi connectivity index (χ0) is 18.0. The number of aromatic nitrogens is 3. The summed E-state index contributed by atoms with van der Waals surface area (Å²) < 4.78 is 13.5. The second-order valence-corrected chi connectivity index (χ2v) is 13.9. The fraction of sp³-hybridized carbons (Fsp3) is 0.412. The summed E-state index contributed by atoms with van der Waals surface area (Å²) in [7, 11) is -1.08. The highest BCUT2D eigenvalue weighted by Crippen LogP contribution is 2.34.